The first kappa shape index (κ1) is 15.6. The van der Waals surface area contributed by atoms with Crippen molar-refractivity contribution in [1.29, 1.82) is 0 Å². The number of aromatic nitrogens is 2. The number of fused-ring (bicyclic) bond motifs is 1. The molecule has 0 radical (unpaired) electrons. The number of hydrogen-bond acceptors (Lipinski definition) is 4. The number of allylic oxidation sites excluding steroid dienone is 2. The molecule has 0 spiro atoms. The zero-order chi connectivity index (χ0) is 16.8. The Labute approximate surface area is 142 Å². The third-order valence-corrected chi connectivity index (χ3v) is 7.37. The van der Waals surface area contributed by atoms with Crippen molar-refractivity contribution in [2.45, 2.75) is 24.5 Å². The van der Waals surface area contributed by atoms with Gasteiger partial charge >= 0.3 is 0 Å². The highest BCUT2D eigenvalue weighted by atomic mass is 32.2. The molecular formula is C18H21N3O2S. The van der Waals surface area contributed by atoms with Crippen molar-refractivity contribution in [1.82, 2.24) is 14.5 Å². The highest BCUT2D eigenvalue weighted by Gasteiger charge is 2.42. The molecule has 126 valence electrons. The normalized spacial score (nSPS) is 27.5. The Morgan fingerprint density at radius 3 is 2.96 bits per heavy atom. The van der Waals surface area contributed by atoms with Crippen LogP contribution < -0.4 is 5.32 Å². The van der Waals surface area contributed by atoms with Crippen molar-refractivity contribution in [2.75, 3.05) is 13.1 Å². The molecule has 1 N–H and O–H groups in total. The van der Waals surface area contributed by atoms with E-state index in [1.54, 1.807) is 25.3 Å². The van der Waals surface area contributed by atoms with Crippen molar-refractivity contribution < 1.29 is 8.42 Å². The molecule has 2 atom stereocenters. The molecule has 4 rings (SSSR count). The van der Waals surface area contributed by atoms with Crippen molar-refractivity contribution in [2.24, 2.45) is 5.92 Å². The van der Waals surface area contributed by atoms with Gasteiger partial charge in [-0.25, -0.2) is 8.42 Å². The van der Waals surface area contributed by atoms with Gasteiger partial charge in [-0.3, -0.25) is 0 Å². The van der Waals surface area contributed by atoms with Gasteiger partial charge in [0.05, 0.1) is 11.7 Å². The van der Waals surface area contributed by atoms with Gasteiger partial charge in [-0.2, -0.15) is 9.19 Å². The summed E-state index contributed by atoms with van der Waals surface area (Å²) in [5.41, 5.74) is 1.84. The predicted octanol–water partition coefficient (Wildman–Crippen LogP) is 2.47. The van der Waals surface area contributed by atoms with E-state index in [1.807, 2.05) is 24.3 Å². The summed E-state index contributed by atoms with van der Waals surface area (Å²) in [5, 5.41) is 8.36. The van der Waals surface area contributed by atoms with Crippen LogP contribution in [0.1, 0.15) is 19.8 Å². The monoisotopic (exact) mass is 343 g/mol. The van der Waals surface area contributed by atoms with Gasteiger partial charge in [0.15, 0.2) is 0 Å². The van der Waals surface area contributed by atoms with E-state index < -0.39 is 14.8 Å². The molecule has 0 saturated carbocycles. The summed E-state index contributed by atoms with van der Waals surface area (Å²) in [6.45, 7) is 3.73. The number of rotatable bonds is 3. The Kier molecular flexibility index (Phi) is 3.62. The largest absolute Gasteiger partial charge is 0.316 e. The van der Waals surface area contributed by atoms with E-state index in [0.29, 0.717) is 17.9 Å². The maximum Gasteiger partial charge on any atom is 0.263 e. The number of nitrogens with zero attached hydrogens (tertiary/aromatic N) is 2. The van der Waals surface area contributed by atoms with E-state index >= 15 is 0 Å². The first-order chi connectivity index (χ1) is 11.5. The van der Waals surface area contributed by atoms with E-state index in [1.165, 1.54) is 9.66 Å². The van der Waals surface area contributed by atoms with E-state index in [-0.39, 0.29) is 0 Å². The Morgan fingerprint density at radius 2 is 2.17 bits per heavy atom. The Hall–Kier alpha value is -1.92. The zero-order valence-electron chi connectivity index (χ0n) is 13.6. The number of benzene rings is 1. The molecule has 2 aromatic rings. The summed E-state index contributed by atoms with van der Waals surface area (Å²) < 4.78 is 26.9. The van der Waals surface area contributed by atoms with E-state index in [2.05, 4.69) is 16.5 Å². The smallest absolute Gasteiger partial charge is 0.263 e. The van der Waals surface area contributed by atoms with Gasteiger partial charge in [0, 0.05) is 11.9 Å². The fourth-order valence-electron chi connectivity index (χ4n) is 3.66. The van der Waals surface area contributed by atoms with Crippen molar-refractivity contribution in [3.05, 3.63) is 54.3 Å². The molecule has 2 unspecified atom stereocenters. The van der Waals surface area contributed by atoms with Crippen LogP contribution in [0, 0.1) is 5.92 Å². The summed E-state index contributed by atoms with van der Waals surface area (Å²) in [6.07, 6.45) is 8.97. The van der Waals surface area contributed by atoms with Gasteiger partial charge in [0.2, 0.25) is 0 Å². The molecule has 0 bridgehead atoms. The molecule has 2 aliphatic rings. The second kappa shape index (κ2) is 5.57. The molecule has 1 saturated heterocycles. The molecule has 24 heavy (non-hydrogen) atoms. The maximum absolute atomic E-state index is 13.4. The molecule has 1 aliphatic carbocycles. The van der Waals surface area contributed by atoms with Gasteiger partial charge < -0.3 is 5.32 Å². The highest BCUT2D eigenvalue weighted by Crippen LogP contribution is 2.37. The third-order valence-electron chi connectivity index (χ3n) is 5.16. The molecule has 5 nitrogen and oxygen atoms in total. The van der Waals surface area contributed by atoms with Crippen LogP contribution in [0.5, 0.6) is 0 Å². The summed E-state index contributed by atoms with van der Waals surface area (Å²) in [7, 11) is -3.65. The minimum atomic E-state index is -3.65. The lowest BCUT2D eigenvalue weighted by Crippen LogP contribution is -2.40. The molecule has 1 aliphatic heterocycles. The van der Waals surface area contributed by atoms with Crippen LogP contribution in [0.25, 0.3) is 10.9 Å². The lowest BCUT2D eigenvalue weighted by molar-refractivity contribution is 0.530. The summed E-state index contributed by atoms with van der Waals surface area (Å²) in [4.78, 5) is 0. The quantitative estimate of drug-likeness (QED) is 0.930. The average molecular weight is 343 g/mol. The Bertz CT molecular complexity index is 936. The first-order valence-corrected chi connectivity index (χ1v) is 9.72. The zero-order valence-corrected chi connectivity index (χ0v) is 14.5. The molecule has 6 heteroatoms. The second-order valence-electron chi connectivity index (χ2n) is 6.83. The fraction of sp³-hybridized carbons (Fsp3) is 0.389. The van der Waals surface area contributed by atoms with E-state index in [9.17, 15) is 8.42 Å². The van der Waals surface area contributed by atoms with E-state index in [4.69, 9.17) is 0 Å². The molecule has 1 aromatic carbocycles. The lowest BCUT2D eigenvalue weighted by atomic mass is 9.86. The summed E-state index contributed by atoms with van der Waals surface area (Å²) >= 11 is 0. The SMILES string of the molecule is CC1(S(=O)(=O)n2ncc3ccccc32)C=CC=C(C2CCNC2)C1. The molecular weight excluding hydrogens is 322 g/mol. The Balaban J connectivity index is 1.74. The predicted molar refractivity (Wildman–Crippen MR) is 95.3 cm³/mol. The molecule has 2 heterocycles. The van der Waals surface area contributed by atoms with Crippen LogP contribution in [-0.4, -0.2) is 35.4 Å². The van der Waals surface area contributed by atoms with Crippen LogP contribution >= 0.6 is 0 Å². The lowest BCUT2D eigenvalue weighted by Gasteiger charge is -2.31. The van der Waals surface area contributed by atoms with Crippen molar-refractivity contribution in [3.63, 3.8) is 0 Å². The van der Waals surface area contributed by atoms with Crippen LogP contribution in [0.4, 0.5) is 0 Å². The first-order valence-electron chi connectivity index (χ1n) is 8.28. The van der Waals surface area contributed by atoms with E-state index in [0.717, 1.165) is 24.9 Å². The van der Waals surface area contributed by atoms with Gasteiger partial charge in [-0.15, -0.1) is 0 Å². The topological polar surface area (TPSA) is 64.0 Å². The van der Waals surface area contributed by atoms with Crippen molar-refractivity contribution >= 4 is 20.9 Å². The van der Waals surface area contributed by atoms with Crippen LogP contribution in [0.3, 0.4) is 0 Å². The van der Waals surface area contributed by atoms with Crippen LogP contribution in [-0.2, 0) is 10.0 Å². The van der Waals surface area contributed by atoms with Crippen LogP contribution in [0.2, 0.25) is 0 Å². The summed E-state index contributed by atoms with van der Waals surface area (Å²) in [6, 6.07) is 7.40. The maximum atomic E-state index is 13.4. The number of nitrogens with one attached hydrogen (secondary N) is 1. The van der Waals surface area contributed by atoms with Crippen LogP contribution in [0.15, 0.2) is 54.3 Å². The van der Waals surface area contributed by atoms with Gasteiger partial charge in [0.25, 0.3) is 10.0 Å². The second-order valence-corrected chi connectivity index (χ2v) is 9.06. The standard InChI is InChI=1S/C18H21N3O2S/c1-18(9-4-6-14(11-18)15-8-10-19-12-15)24(22,23)21-17-7-3-2-5-16(17)13-20-21/h2-7,9,13,15,19H,8,10-12H2,1H3. The average Bonchev–Trinajstić information content (AvgIpc) is 3.24. The van der Waals surface area contributed by atoms with Crippen molar-refractivity contribution in [3.8, 4) is 0 Å². The minimum absolute atomic E-state index is 0.429. The molecule has 0 amide bonds. The minimum Gasteiger partial charge on any atom is -0.316 e. The fourth-order valence-corrected chi connectivity index (χ4v) is 5.26. The number of para-hydroxylation sites is 1. The number of hydrogen-bond donors (Lipinski definition) is 1. The van der Waals surface area contributed by atoms with Gasteiger partial charge in [-0.05, 0) is 38.3 Å². The van der Waals surface area contributed by atoms with Gasteiger partial charge in [-0.1, -0.05) is 42.0 Å². The molecule has 1 fully saturated rings. The Morgan fingerprint density at radius 1 is 1.33 bits per heavy atom. The highest BCUT2D eigenvalue weighted by molar-refractivity contribution is 7.91. The molecule has 1 aromatic heterocycles. The summed E-state index contributed by atoms with van der Waals surface area (Å²) in [5.74, 6) is 0.429. The third kappa shape index (κ3) is 2.32. The van der Waals surface area contributed by atoms with Gasteiger partial charge in [0.1, 0.15) is 4.75 Å².